The van der Waals surface area contributed by atoms with Crippen LogP contribution < -0.4 is 21.5 Å². The molecule has 1 unspecified atom stereocenters. The molecule has 0 saturated carbocycles. The molecule has 0 radical (unpaired) electrons. The molecule has 21 heteroatoms. The fourth-order valence-corrected chi connectivity index (χ4v) is 8.89. The number of halogens is 1. The van der Waals surface area contributed by atoms with Gasteiger partial charge in [-0.25, -0.2) is 9.36 Å². The van der Waals surface area contributed by atoms with Crippen molar-refractivity contribution in [2.24, 2.45) is 4.99 Å². The number of ether oxygens (including phenoxy) is 3. The molecule has 8 rings (SSSR count). The van der Waals surface area contributed by atoms with E-state index in [4.69, 9.17) is 30.8 Å². The summed E-state index contributed by atoms with van der Waals surface area (Å²) in [7, 11) is 0. The SMILES string of the molecule is Cc1sc2c(c1C)C(c1ccc(Cl)cc1)=N[C@@H](CC(=O)NCCOCCOCCOCCn1cc(CNc3cccc4cnn(C5CCC(=O)NC5=O)c(=O)c34)nn1)c1nnc(C)n1-2. The van der Waals surface area contributed by atoms with Crippen LogP contribution in [0.4, 0.5) is 5.69 Å². The summed E-state index contributed by atoms with van der Waals surface area (Å²) in [4.78, 5) is 57.1. The van der Waals surface area contributed by atoms with Gasteiger partial charge in [-0.2, -0.15) is 5.10 Å². The van der Waals surface area contributed by atoms with Crippen molar-refractivity contribution in [2.75, 3.05) is 51.5 Å². The normalized spacial score (nSPS) is 16.0. The van der Waals surface area contributed by atoms with Crippen LogP contribution >= 0.6 is 22.9 Å². The zero-order valence-corrected chi connectivity index (χ0v) is 37.1. The maximum atomic E-state index is 13.5. The van der Waals surface area contributed by atoms with Crippen LogP contribution in [-0.2, 0) is 41.7 Å². The van der Waals surface area contributed by atoms with Crippen LogP contribution in [0.15, 0.2) is 64.6 Å². The molecule has 3 amide bonds. The van der Waals surface area contributed by atoms with Crippen LogP contribution in [0.25, 0.3) is 15.8 Å². The molecule has 1 saturated heterocycles. The molecule has 19 nitrogen and oxygen atoms in total. The van der Waals surface area contributed by atoms with E-state index in [1.807, 2.05) is 35.8 Å². The highest BCUT2D eigenvalue weighted by Crippen LogP contribution is 2.39. The zero-order valence-electron chi connectivity index (χ0n) is 35.5. The Hall–Kier alpha value is -6.19. The van der Waals surface area contributed by atoms with Gasteiger partial charge in [0.05, 0.1) is 82.6 Å². The number of hydrogen-bond acceptors (Lipinski definition) is 15. The predicted octanol–water partition coefficient (Wildman–Crippen LogP) is 3.95. The average Bonchev–Trinajstić information content (AvgIpc) is 3.96. The molecule has 0 bridgehead atoms. The number of aryl methyl sites for hydroxylation is 2. The van der Waals surface area contributed by atoms with Crippen molar-refractivity contribution < 1.29 is 28.6 Å². The molecule has 64 heavy (non-hydrogen) atoms. The topological polar surface area (TPSA) is 224 Å². The van der Waals surface area contributed by atoms with Crippen molar-refractivity contribution in [2.45, 2.75) is 65.2 Å². The number of nitrogens with one attached hydrogen (secondary N) is 3. The third-order valence-electron chi connectivity index (χ3n) is 10.9. The first kappa shape index (κ1) is 44.4. The molecule has 6 heterocycles. The number of thiophene rings is 1. The van der Waals surface area contributed by atoms with Gasteiger partial charge in [0.1, 0.15) is 28.6 Å². The number of carbonyl (C=O) groups excluding carboxylic acids is 3. The van der Waals surface area contributed by atoms with E-state index in [9.17, 15) is 19.2 Å². The highest BCUT2D eigenvalue weighted by Gasteiger charge is 2.33. The Bertz CT molecular complexity index is 2760. The Kier molecular flexibility index (Phi) is 14.0. The Morgan fingerprint density at radius 1 is 0.953 bits per heavy atom. The smallest absolute Gasteiger partial charge is 0.277 e. The van der Waals surface area contributed by atoms with Crippen LogP contribution in [0.5, 0.6) is 0 Å². The molecule has 3 N–H and O–H groups in total. The first-order chi connectivity index (χ1) is 31.0. The van der Waals surface area contributed by atoms with Gasteiger partial charge in [-0.3, -0.25) is 34.1 Å². The van der Waals surface area contributed by atoms with Crippen molar-refractivity contribution in [1.29, 1.82) is 0 Å². The van der Waals surface area contributed by atoms with E-state index in [1.165, 1.54) is 11.1 Å². The lowest BCUT2D eigenvalue weighted by Crippen LogP contribution is -2.45. The number of rotatable bonds is 19. The highest BCUT2D eigenvalue weighted by atomic mass is 35.5. The number of fused-ring (bicyclic) bond motifs is 4. The van der Waals surface area contributed by atoms with Crippen molar-refractivity contribution in [3.63, 3.8) is 0 Å². The fourth-order valence-electron chi connectivity index (χ4n) is 7.55. The van der Waals surface area contributed by atoms with Crippen LogP contribution in [0.1, 0.15) is 70.3 Å². The van der Waals surface area contributed by atoms with E-state index >= 15 is 0 Å². The monoisotopic (exact) mass is 910 g/mol. The molecule has 6 aromatic rings. The molecule has 2 aliphatic heterocycles. The molecular weight excluding hydrogens is 864 g/mol. The highest BCUT2D eigenvalue weighted by molar-refractivity contribution is 7.15. The minimum atomic E-state index is -0.860. The first-order valence-electron chi connectivity index (χ1n) is 20.9. The Balaban J connectivity index is 0.720. The largest absolute Gasteiger partial charge is 0.379 e. The quantitative estimate of drug-likeness (QED) is 0.0775. The summed E-state index contributed by atoms with van der Waals surface area (Å²) in [5.74, 6) is 0.271. The van der Waals surface area contributed by atoms with Crippen LogP contribution in [0.3, 0.4) is 0 Å². The molecule has 334 valence electrons. The summed E-state index contributed by atoms with van der Waals surface area (Å²) in [5, 5.41) is 32.5. The maximum absolute atomic E-state index is 13.5. The minimum Gasteiger partial charge on any atom is -0.379 e. The summed E-state index contributed by atoms with van der Waals surface area (Å²) in [6.45, 7) is 9.40. The van der Waals surface area contributed by atoms with Crippen molar-refractivity contribution in [3.05, 3.63) is 109 Å². The fraction of sp³-hybridized carbons (Fsp3) is 0.395. The Labute approximate surface area is 376 Å². The first-order valence-corrected chi connectivity index (χ1v) is 22.1. The number of imide groups is 1. The predicted molar refractivity (Wildman–Crippen MR) is 238 cm³/mol. The van der Waals surface area contributed by atoms with Crippen molar-refractivity contribution >= 4 is 62.8 Å². The number of benzene rings is 2. The second-order valence-electron chi connectivity index (χ2n) is 15.3. The third kappa shape index (κ3) is 9.95. The van der Waals surface area contributed by atoms with Crippen LogP contribution in [-0.4, -0.2) is 109 Å². The third-order valence-corrected chi connectivity index (χ3v) is 12.3. The summed E-state index contributed by atoms with van der Waals surface area (Å²) in [6.07, 6.45) is 3.76. The van der Waals surface area contributed by atoms with Crippen molar-refractivity contribution in [1.82, 2.24) is 50.2 Å². The van der Waals surface area contributed by atoms with Crippen molar-refractivity contribution in [3.8, 4) is 5.00 Å². The van der Waals surface area contributed by atoms with Gasteiger partial charge in [-0.1, -0.05) is 41.1 Å². The van der Waals surface area contributed by atoms with E-state index in [-0.39, 0.29) is 31.1 Å². The van der Waals surface area contributed by atoms with Crippen LogP contribution in [0.2, 0.25) is 5.02 Å². The number of aromatic nitrogens is 8. The van der Waals surface area contributed by atoms with E-state index in [1.54, 1.807) is 40.4 Å². The molecule has 1 fully saturated rings. The van der Waals surface area contributed by atoms with Gasteiger partial charge in [0.15, 0.2) is 5.82 Å². The number of nitrogens with zero attached hydrogens (tertiary/aromatic N) is 9. The molecular formula is C43H47ClN12O7S. The molecule has 2 aliphatic rings. The standard InChI is InChI=1S/C43H47ClN12O7S/c1-25-26(2)64-43-37(25)39(28-7-9-30(44)10-8-28)48-33(40-52-50-27(3)55(40)43)21-36(58)45-13-15-61-17-19-63-20-18-62-16-14-54-24-31(51-53-54)23-46-32-6-4-5-29-22-47-56(42(60)38(29)32)34-11-12-35(57)49-41(34)59/h4-10,22,24,33-34,46H,11-21,23H2,1-3H3,(H,45,58)(H,49,57,59)/t33-,34?/m0/s1. The van der Waals surface area contributed by atoms with E-state index < -0.39 is 23.6 Å². The summed E-state index contributed by atoms with van der Waals surface area (Å²) >= 11 is 7.89. The average molecular weight is 911 g/mol. The number of carbonyl (C=O) groups is 3. The number of hydrogen-bond donors (Lipinski definition) is 3. The molecule has 0 aliphatic carbocycles. The van der Waals surface area contributed by atoms with E-state index in [0.717, 1.165) is 37.9 Å². The number of piperidine rings is 1. The van der Waals surface area contributed by atoms with Gasteiger partial charge in [0.2, 0.25) is 11.8 Å². The second-order valence-corrected chi connectivity index (χ2v) is 16.9. The van der Waals surface area contributed by atoms with Gasteiger partial charge in [0, 0.05) is 45.1 Å². The number of anilines is 1. The number of aliphatic imine (C=N–C) groups is 1. The second kappa shape index (κ2) is 20.1. The van der Waals surface area contributed by atoms with E-state index in [0.29, 0.717) is 92.3 Å². The number of amides is 3. The summed E-state index contributed by atoms with van der Waals surface area (Å²) < 4.78 is 21.9. The lowest BCUT2D eigenvalue weighted by atomic mass is 9.99. The molecule has 4 aromatic heterocycles. The van der Waals surface area contributed by atoms with Crippen LogP contribution in [0, 0.1) is 20.8 Å². The lowest BCUT2D eigenvalue weighted by molar-refractivity contribution is -0.136. The lowest BCUT2D eigenvalue weighted by Gasteiger charge is -2.22. The van der Waals surface area contributed by atoms with Gasteiger partial charge in [0.25, 0.3) is 11.5 Å². The van der Waals surface area contributed by atoms with E-state index in [2.05, 4.69) is 55.4 Å². The Morgan fingerprint density at radius 2 is 1.72 bits per heavy atom. The van der Waals surface area contributed by atoms with Gasteiger partial charge in [-0.15, -0.1) is 26.6 Å². The summed E-state index contributed by atoms with van der Waals surface area (Å²) in [5.41, 5.74) is 4.63. The summed E-state index contributed by atoms with van der Waals surface area (Å²) in [6, 6.07) is 11.5. The molecule has 2 aromatic carbocycles. The van der Waals surface area contributed by atoms with Gasteiger partial charge in [-0.05, 0) is 51.0 Å². The molecule has 0 spiro atoms. The van der Waals surface area contributed by atoms with Gasteiger partial charge < -0.3 is 24.8 Å². The minimum absolute atomic E-state index is 0.0893. The maximum Gasteiger partial charge on any atom is 0.277 e. The molecule has 2 atom stereocenters. The van der Waals surface area contributed by atoms with Gasteiger partial charge >= 0.3 is 0 Å². The Morgan fingerprint density at radius 3 is 2.50 bits per heavy atom. The zero-order chi connectivity index (χ0) is 44.7.